The average molecular weight is 421 g/mol. The number of sulfonamides is 1. The number of carbonyl (C=O) groups excluding carboxylic acids is 1. The molecule has 1 amide bonds. The fourth-order valence-electron chi connectivity index (χ4n) is 2.76. The number of hydrogen-bond acceptors (Lipinski definition) is 5. The fraction of sp³-hybridized carbons (Fsp3) is 0.381. The van der Waals surface area contributed by atoms with E-state index in [9.17, 15) is 13.2 Å². The lowest BCUT2D eigenvalue weighted by atomic mass is 10.2. The summed E-state index contributed by atoms with van der Waals surface area (Å²) in [5, 5.41) is 2.78. The molecule has 0 saturated heterocycles. The first-order valence-corrected chi connectivity index (χ1v) is 11.1. The minimum Gasteiger partial charge on any atom is -0.490 e. The molecule has 2 aromatic carbocycles. The van der Waals surface area contributed by atoms with Gasteiger partial charge in [0.15, 0.2) is 0 Å². The minimum atomic E-state index is -3.53. The molecule has 0 saturated carbocycles. The smallest absolute Gasteiger partial charge is 0.259 e. The summed E-state index contributed by atoms with van der Waals surface area (Å²) in [4.78, 5) is 12.9. The molecular formula is C21H28N2O5S. The molecule has 2 rings (SSSR count). The number of carbonyl (C=O) groups is 1. The Labute approximate surface area is 172 Å². The van der Waals surface area contributed by atoms with Gasteiger partial charge in [-0.05, 0) is 43.3 Å². The molecule has 158 valence electrons. The van der Waals surface area contributed by atoms with Crippen LogP contribution in [0.15, 0.2) is 53.4 Å². The summed E-state index contributed by atoms with van der Waals surface area (Å²) < 4.78 is 37.4. The van der Waals surface area contributed by atoms with Crippen LogP contribution in [-0.2, 0) is 14.8 Å². The van der Waals surface area contributed by atoms with Gasteiger partial charge in [0.2, 0.25) is 10.0 Å². The molecule has 2 aromatic rings. The Morgan fingerprint density at radius 2 is 1.62 bits per heavy atom. The van der Waals surface area contributed by atoms with Gasteiger partial charge in [-0.1, -0.05) is 26.0 Å². The number of rotatable bonds is 11. The lowest BCUT2D eigenvalue weighted by Gasteiger charge is -2.18. The van der Waals surface area contributed by atoms with Crippen LogP contribution in [0, 0.1) is 0 Å². The van der Waals surface area contributed by atoms with Crippen LogP contribution in [0.3, 0.4) is 0 Å². The number of nitrogens with zero attached hydrogens (tertiary/aromatic N) is 1. The first kappa shape index (κ1) is 22.9. The Hall–Kier alpha value is -2.42. The van der Waals surface area contributed by atoms with E-state index in [4.69, 9.17) is 9.47 Å². The first-order valence-electron chi connectivity index (χ1n) is 9.65. The Morgan fingerprint density at radius 1 is 0.966 bits per heavy atom. The maximum Gasteiger partial charge on any atom is 0.259 e. The normalized spacial score (nSPS) is 11.4. The van der Waals surface area contributed by atoms with Gasteiger partial charge in [-0.15, -0.1) is 0 Å². The zero-order chi connectivity index (χ0) is 21.3. The van der Waals surface area contributed by atoms with Crippen molar-refractivity contribution in [1.82, 2.24) is 4.31 Å². The molecule has 7 nitrogen and oxygen atoms in total. The van der Waals surface area contributed by atoms with Crippen LogP contribution >= 0.6 is 0 Å². The van der Waals surface area contributed by atoms with Gasteiger partial charge in [0.25, 0.3) is 5.91 Å². The highest BCUT2D eigenvalue weighted by molar-refractivity contribution is 7.89. The maximum atomic E-state index is 12.7. The third-order valence-corrected chi connectivity index (χ3v) is 6.34. The topological polar surface area (TPSA) is 84.9 Å². The van der Waals surface area contributed by atoms with Crippen LogP contribution in [-0.4, -0.2) is 51.5 Å². The Bertz CT molecular complexity index is 894. The average Bonchev–Trinajstić information content (AvgIpc) is 2.72. The molecule has 1 N–H and O–H groups in total. The molecule has 0 unspecified atom stereocenters. The minimum absolute atomic E-state index is 0.193. The third-order valence-electron chi connectivity index (χ3n) is 4.28. The number of hydrogen-bond donors (Lipinski definition) is 1. The fourth-order valence-corrected chi connectivity index (χ4v) is 4.21. The monoisotopic (exact) mass is 420 g/mol. The van der Waals surface area contributed by atoms with Crippen molar-refractivity contribution in [3.63, 3.8) is 0 Å². The van der Waals surface area contributed by atoms with Crippen LogP contribution < -0.4 is 10.1 Å². The van der Waals surface area contributed by atoms with Crippen molar-refractivity contribution in [3.8, 4) is 5.75 Å². The molecule has 0 spiro atoms. The van der Waals surface area contributed by atoms with Crippen molar-refractivity contribution in [2.45, 2.75) is 25.7 Å². The zero-order valence-electron chi connectivity index (χ0n) is 17.1. The highest BCUT2D eigenvalue weighted by atomic mass is 32.2. The van der Waals surface area contributed by atoms with E-state index in [-0.39, 0.29) is 10.8 Å². The van der Waals surface area contributed by atoms with E-state index >= 15 is 0 Å². The summed E-state index contributed by atoms with van der Waals surface area (Å²) in [5.41, 5.74) is 0.890. The van der Waals surface area contributed by atoms with Gasteiger partial charge in [-0.2, -0.15) is 4.31 Å². The first-order chi connectivity index (χ1) is 13.9. The van der Waals surface area contributed by atoms with E-state index in [0.717, 1.165) is 0 Å². The second-order valence-electron chi connectivity index (χ2n) is 6.11. The standard InChI is InChI=1S/C21H28N2O5S/c1-4-23(5-2)29(25,26)18-13-11-17(12-14-18)22-21(24)19-9-7-8-10-20(19)28-16-15-27-6-3/h7-14H,4-6,15-16H2,1-3H3,(H,22,24). The Kier molecular flexibility index (Phi) is 8.63. The molecule has 0 aliphatic rings. The molecule has 0 radical (unpaired) electrons. The number of para-hydroxylation sites is 1. The highest BCUT2D eigenvalue weighted by Crippen LogP contribution is 2.22. The second kappa shape index (κ2) is 10.9. The van der Waals surface area contributed by atoms with Gasteiger partial charge in [0.1, 0.15) is 12.4 Å². The van der Waals surface area contributed by atoms with E-state index in [0.29, 0.717) is 49.9 Å². The van der Waals surface area contributed by atoms with Gasteiger partial charge < -0.3 is 14.8 Å². The SMILES string of the molecule is CCOCCOc1ccccc1C(=O)Nc1ccc(S(=O)(=O)N(CC)CC)cc1. The lowest BCUT2D eigenvalue weighted by Crippen LogP contribution is -2.30. The Morgan fingerprint density at radius 3 is 2.24 bits per heavy atom. The Balaban J connectivity index is 2.10. The molecule has 0 aliphatic carbocycles. The predicted molar refractivity (Wildman–Crippen MR) is 113 cm³/mol. The van der Waals surface area contributed by atoms with Gasteiger partial charge in [-0.25, -0.2) is 8.42 Å². The zero-order valence-corrected chi connectivity index (χ0v) is 17.9. The summed E-state index contributed by atoms with van der Waals surface area (Å²) in [6.07, 6.45) is 0. The molecule has 0 atom stereocenters. The molecule has 8 heteroatoms. The number of amides is 1. The van der Waals surface area contributed by atoms with Crippen molar-refractivity contribution in [3.05, 3.63) is 54.1 Å². The molecule has 0 fully saturated rings. The molecule has 0 aromatic heterocycles. The number of benzene rings is 2. The molecule has 29 heavy (non-hydrogen) atoms. The highest BCUT2D eigenvalue weighted by Gasteiger charge is 2.21. The molecule has 0 bridgehead atoms. The molecule has 0 aliphatic heterocycles. The van der Waals surface area contributed by atoms with Gasteiger partial charge in [0, 0.05) is 25.4 Å². The van der Waals surface area contributed by atoms with Crippen LogP contribution in [0.1, 0.15) is 31.1 Å². The maximum absolute atomic E-state index is 12.7. The molecular weight excluding hydrogens is 392 g/mol. The van der Waals surface area contributed by atoms with Crippen LogP contribution in [0.4, 0.5) is 5.69 Å². The van der Waals surface area contributed by atoms with Crippen LogP contribution in [0.2, 0.25) is 0 Å². The van der Waals surface area contributed by atoms with Crippen molar-refractivity contribution < 1.29 is 22.7 Å². The summed E-state index contributed by atoms with van der Waals surface area (Å²) in [6, 6.07) is 13.1. The third kappa shape index (κ3) is 6.03. The van der Waals surface area contributed by atoms with Crippen molar-refractivity contribution in [2.75, 3.05) is 38.2 Å². The largest absolute Gasteiger partial charge is 0.490 e. The van der Waals surface area contributed by atoms with E-state index in [1.165, 1.54) is 16.4 Å². The van der Waals surface area contributed by atoms with Gasteiger partial charge in [0.05, 0.1) is 17.1 Å². The van der Waals surface area contributed by atoms with Crippen LogP contribution in [0.25, 0.3) is 0 Å². The van der Waals surface area contributed by atoms with Crippen molar-refractivity contribution in [1.29, 1.82) is 0 Å². The number of anilines is 1. The van der Waals surface area contributed by atoms with E-state index in [2.05, 4.69) is 5.32 Å². The van der Waals surface area contributed by atoms with Crippen LogP contribution in [0.5, 0.6) is 5.75 Å². The predicted octanol–water partition coefficient (Wildman–Crippen LogP) is 3.38. The number of nitrogens with one attached hydrogen (secondary N) is 1. The van der Waals surface area contributed by atoms with Gasteiger partial charge in [-0.3, -0.25) is 4.79 Å². The summed E-state index contributed by atoms with van der Waals surface area (Å²) in [6.45, 7) is 7.68. The van der Waals surface area contributed by atoms with E-state index < -0.39 is 10.0 Å². The van der Waals surface area contributed by atoms with E-state index in [1.54, 1.807) is 50.2 Å². The van der Waals surface area contributed by atoms with Gasteiger partial charge >= 0.3 is 0 Å². The second-order valence-corrected chi connectivity index (χ2v) is 8.05. The number of ether oxygens (including phenoxy) is 2. The lowest BCUT2D eigenvalue weighted by molar-refractivity contribution is 0.0998. The summed E-state index contributed by atoms with van der Waals surface area (Å²) in [5.74, 6) is 0.127. The van der Waals surface area contributed by atoms with E-state index in [1.807, 2.05) is 6.92 Å². The summed E-state index contributed by atoms with van der Waals surface area (Å²) in [7, 11) is -3.53. The van der Waals surface area contributed by atoms with Crippen molar-refractivity contribution in [2.24, 2.45) is 0 Å². The molecule has 0 heterocycles. The van der Waals surface area contributed by atoms with Crippen molar-refractivity contribution >= 4 is 21.6 Å². The quantitative estimate of drug-likeness (QED) is 0.563. The summed E-state index contributed by atoms with van der Waals surface area (Å²) >= 11 is 0.